The molecule has 0 fully saturated rings. The summed E-state index contributed by atoms with van der Waals surface area (Å²) in [5, 5.41) is 23.9. The highest BCUT2D eigenvalue weighted by Crippen LogP contribution is 2.43. The van der Waals surface area contributed by atoms with Crippen LogP contribution in [0.2, 0.25) is 0 Å². The zero-order valence-corrected chi connectivity index (χ0v) is 33.1. The van der Waals surface area contributed by atoms with Gasteiger partial charge in [-0.15, -0.1) is 0 Å². The number of aliphatic hydroxyl groups is 2. The number of hydrogen-bond donors (Lipinski definition) is 5. The molecule has 0 rings (SSSR count). The monoisotopic (exact) mass is 739 g/mol. The van der Waals surface area contributed by atoms with Crippen LogP contribution in [-0.2, 0) is 18.4 Å². The third kappa shape index (κ3) is 35.0. The molecule has 0 aromatic carbocycles. The van der Waals surface area contributed by atoms with Crippen LogP contribution in [0, 0.1) is 0 Å². The molecule has 0 bridgehead atoms. The summed E-state index contributed by atoms with van der Waals surface area (Å²) < 4.78 is 21.9. The molecule has 0 heterocycles. The van der Waals surface area contributed by atoms with Crippen molar-refractivity contribution in [1.82, 2.24) is 5.32 Å². The summed E-state index contributed by atoms with van der Waals surface area (Å²) in [4.78, 5) is 22.6. The van der Waals surface area contributed by atoms with Gasteiger partial charge in [0.15, 0.2) is 0 Å². The van der Waals surface area contributed by atoms with E-state index in [4.69, 9.17) is 14.8 Å². The van der Waals surface area contributed by atoms with Gasteiger partial charge in [-0.05, 0) is 64.2 Å². The molecule has 1 amide bonds. The Morgan fingerprint density at radius 1 is 0.686 bits per heavy atom. The largest absolute Gasteiger partial charge is 0.472 e. The lowest BCUT2D eigenvalue weighted by molar-refractivity contribution is -0.124. The molecule has 296 valence electrons. The van der Waals surface area contributed by atoms with Gasteiger partial charge in [0.05, 0.1) is 37.9 Å². The molecule has 4 atom stereocenters. The molecular formula is C41H75N2O7P. The van der Waals surface area contributed by atoms with Gasteiger partial charge in [0.2, 0.25) is 5.91 Å². The van der Waals surface area contributed by atoms with Gasteiger partial charge >= 0.3 is 7.82 Å². The topological polar surface area (TPSA) is 151 Å². The van der Waals surface area contributed by atoms with Crippen molar-refractivity contribution in [2.24, 2.45) is 5.73 Å². The second kappa shape index (κ2) is 36.5. The maximum atomic E-state index is 12.7. The number of amides is 1. The average molecular weight is 739 g/mol. The van der Waals surface area contributed by atoms with E-state index in [0.29, 0.717) is 12.8 Å². The lowest BCUT2D eigenvalue weighted by Gasteiger charge is -2.24. The van der Waals surface area contributed by atoms with Crippen LogP contribution in [0.25, 0.3) is 0 Å². The Labute approximate surface area is 311 Å². The molecule has 0 aliphatic carbocycles. The molecule has 4 unspecified atom stereocenters. The van der Waals surface area contributed by atoms with E-state index in [-0.39, 0.29) is 19.6 Å². The maximum absolute atomic E-state index is 12.7. The molecule has 0 spiro atoms. The molecule has 10 heteroatoms. The average Bonchev–Trinajstić information content (AvgIpc) is 3.10. The van der Waals surface area contributed by atoms with Crippen molar-refractivity contribution in [1.29, 1.82) is 0 Å². The first-order valence-corrected chi connectivity index (χ1v) is 21.5. The van der Waals surface area contributed by atoms with Crippen LogP contribution in [0.5, 0.6) is 0 Å². The highest BCUT2D eigenvalue weighted by atomic mass is 31.2. The van der Waals surface area contributed by atoms with Crippen molar-refractivity contribution in [3.05, 3.63) is 60.8 Å². The first kappa shape index (κ1) is 49.2. The normalized spacial score (nSPS) is 15.5. The number of hydrogen-bond acceptors (Lipinski definition) is 7. The smallest absolute Gasteiger partial charge is 0.393 e. The molecule has 0 aliphatic rings. The Kier molecular flexibility index (Phi) is 35.2. The fourth-order valence-corrected chi connectivity index (χ4v) is 6.19. The quantitative estimate of drug-likeness (QED) is 0.0242. The standard InChI is InChI=1S/C41H75N2O7P/c1-3-5-7-9-11-13-15-16-17-18-19-20-21-22-23-24-26-28-30-32-38(44)36-41(46)43-39(37-50-51(47,48)49-35-34-42)40(45)33-31-29-27-25-14-12-10-8-6-4-2/h5-8,11,13-14,25,31,33,38-40,44-45H,3-4,9-10,12,15-24,26-30,32,34-37,42H2,1-2H3,(H,43,46)(H,47,48)/b7-5-,8-6+,13-11-,25-14+,33-31+. The van der Waals surface area contributed by atoms with Gasteiger partial charge < -0.3 is 26.2 Å². The minimum absolute atomic E-state index is 0.0398. The summed E-state index contributed by atoms with van der Waals surface area (Å²) in [7, 11) is -4.41. The van der Waals surface area contributed by atoms with E-state index in [1.807, 2.05) is 0 Å². The lowest BCUT2D eigenvalue weighted by Crippen LogP contribution is -2.46. The van der Waals surface area contributed by atoms with Crippen molar-refractivity contribution >= 4 is 13.7 Å². The molecular weight excluding hydrogens is 663 g/mol. The van der Waals surface area contributed by atoms with Crippen molar-refractivity contribution in [2.75, 3.05) is 19.8 Å². The van der Waals surface area contributed by atoms with Gasteiger partial charge in [-0.1, -0.05) is 145 Å². The van der Waals surface area contributed by atoms with E-state index in [2.05, 4.69) is 67.8 Å². The van der Waals surface area contributed by atoms with Crippen LogP contribution in [0.15, 0.2) is 60.8 Å². The molecule has 6 N–H and O–H groups in total. The van der Waals surface area contributed by atoms with Gasteiger partial charge in [0.1, 0.15) is 0 Å². The third-order valence-electron chi connectivity index (χ3n) is 8.37. The van der Waals surface area contributed by atoms with Crippen LogP contribution >= 0.6 is 7.82 Å². The number of aliphatic hydroxyl groups excluding tert-OH is 2. The molecule has 51 heavy (non-hydrogen) atoms. The van der Waals surface area contributed by atoms with Crippen molar-refractivity contribution in [2.45, 2.75) is 173 Å². The van der Waals surface area contributed by atoms with Crippen molar-refractivity contribution < 1.29 is 33.5 Å². The van der Waals surface area contributed by atoms with Gasteiger partial charge in [-0.25, -0.2) is 4.57 Å². The molecule has 0 aliphatic heterocycles. The Hall–Kier alpha value is -1.84. The summed E-state index contributed by atoms with van der Waals surface area (Å²) in [6.45, 7) is 3.69. The van der Waals surface area contributed by atoms with E-state index in [1.54, 1.807) is 12.2 Å². The van der Waals surface area contributed by atoms with E-state index >= 15 is 0 Å². The molecule has 9 nitrogen and oxygen atoms in total. The molecule has 0 aromatic heterocycles. The SMILES string of the molecule is CC/C=C\C/C=C\CCCCCCCCCCCCCCC(O)CC(=O)NC(COP(=O)(O)OCCN)C(O)/C=C/CC/C=C/CC/C=C/CC. The van der Waals surface area contributed by atoms with Crippen LogP contribution in [0.1, 0.15) is 155 Å². The highest BCUT2D eigenvalue weighted by Gasteiger charge is 2.27. The summed E-state index contributed by atoms with van der Waals surface area (Å²) in [5.74, 6) is -0.466. The number of rotatable bonds is 36. The zero-order valence-electron chi connectivity index (χ0n) is 32.2. The summed E-state index contributed by atoms with van der Waals surface area (Å²) in [6.07, 6.45) is 41.8. The Balaban J connectivity index is 4.29. The highest BCUT2D eigenvalue weighted by molar-refractivity contribution is 7.47. The third-order valence-corrected chi connectivity index (χ3v) is 9.36. The second-order valence-corrected chi connectivity index (χ2v) is 14.7. The predicted molar refractivity (Wildman–Crippen MR) is 213 cm³/mol. The number of phosphoric acid groups is 1. The van der Waals surface area contributed by atoms with Crippen LogP contribution in [-0.4, -0.2) is 59.0 Å². The number of unbranched alkanes of at least 4 members (excludes halogenated alkanes) is 14. The fraction of sp³-hybridized carbons (Fsp3) is 0.732. The minimum Gasteiger partial charge on any atom is -0.393 e. The number of carbonyl (C=O) groups excluding carboxylic acids is 1. The van der Waals surface area contributed by atoms with Gasteiger partial charge in [-0.3, -0.25) is 13.8 Å². The summed E-state index contributed by atoms with van der Waals surface area (Å²) in [6, 6.07) is -1.01. The number of nitrogens with one attached hydrogen (secondary N) is 1. The number of allylic oxidation sites excluding steroid dienone is 9. The van der Waals surface area contributed by atoms with E-state index in [0.717, 1.165) is 57.8 Å². The van der Waals surface area contributed by atoms with Crippen molar-refractivity contribution in [3.8, 4) is 0 Å². The van der Waals surface area contributed by atoms with Crippen molar-refractivity contribution in [3.63, 3.8) is 0 Å². The van der Waals surface area contributed by atoms with E-state index < -0.39 is 38.6 Å². The van der Waals surface area contributed by atoms with Gasteiger partial charge in [0.25, 0.3) is 0 Å². The number of phosphoric ester groups is 1. The molecule has 0 saturated carbocycles. The van der Waals surface area contributed by atoms with Crippen LogP contribution < -0.4 is 11.1 Å². The van der Waals surface area contributed by atoms with E-state index in [9.17, 15) is 24.5 Å². The van der Waals surface area contributed by atoms with Gasteiger partial charge in [0, 0.05) is 6.54 Å². The Bertz CT molecular complexity index is 999. The lowest BCUT2D eigenvalue weighted by atomic mass is 10.0. The number of nitrogens with two attached hydrogens (primary N) is 1. The molecule has 0 radical (unpaired) electrons. The fourth-order valence-electron chi connectivity index (χ4n) is 5.43. The maximum Gasteiger partial charge on any atom is 0.472 e. The molecule has 0 saturated heterocycles. The summed E-state index contributed by atoms with van der Waals surface area (Å²) >= 11 is 0. The van der Waals surface area contributed by atoms with Gasteiger partial charge in [-0.2, -0.15) is 0 Å². The minimum atomic E-state index is -4.41. The Morgan fingerprint density at radius 3 is 1.76 bits per heavy atom. The van der Waals surface area contributed by atoms with Crippen LogP contribution in [0.4, 0.5) is 0 Å². The summed E-state index contributed by atoms with van der Waals surface area (Å²) in [5.41, 5.74) is 5.34. The number of carbonyl (C=O) groups is 1. The second-order valence-electron chi connectivity index (χ2n) is 13.2. The predicted octanol–water partition coefficient (Wildman–Crippen LogP) is 9.69. The zero-order chi connectivity index (χ0) is 37.7. The first-order chi connectivity index (χ1) is 24.8. The molecule has 0 aromatic rings. The Morgan fingerprint density at radius 2 is 1.18 bits per heavy atom. The van der Waals surface area contributed by atoms with E-state index in [1.165, 1.54) is 64.2 Å². The first-order valence-electron chi connectivity index (χ1n) is 20.0. The van der Waals surface area contributed by atoms with Crippen LogP contribution in [0.3, 0.4) is 0 Å².